The lowest BCUT2D eigenvalue weighted by molar-refractivity contribution is 0.296. The summed E-state index contributed by atoms with van der Waals surface area (Å²) in [7, 11) is 1.65. The highest BCUT2D eigenvalue weighted by atomic mass is 32.2. The minimum atomic E-state index is 0.0601. The van der Waals surface area contributed by atoms with Gasteiger partial charge in [0.05, 0.1) is 29.2 Å². The predicted octanol–water partition coefficient (Wildman–Crippen LogP) is 4.27. The Balaban J connectivity index is 1.69. The summed E-state index contributed by atoms with van der Waals surface area (Å²) in [5.74, 6) is 1.66. The quantitative estimate of drug-likeness (QED) is 0.732. The van der Waals surface area contributed by atoms with Gasteiger partial charge >= 0.3 is 0 Å². The molecule has 22 heavy (non-hydrogen) atoms. The molecule has 0 aliphatic rings. The van der Waals surface area contributed by atoms with Gasteiger partial charge in [0, 0.05) is 11.9 Å². The van der Waals surface area contributed by atoms with Gasteiger partial charge in [-0.3, -0.25) is 4.98 Å². The van der Waals surface area contributed by atoms with Crippen molar-refractivity contribution in [2.75, 3.05) is 13.7 Å². The fourth-order valence-electron chi connectivity index (χ4n) is 2.24. The monoisotopic (exact) mass is 331 g/mol. The molecule has 0 aliphatic heterocycles. The highest BCUT2D eigenvalue weighted by Crippen LogP contribution is 2.32. The molecule has 0 unspecified atom stereocenters. The van der Waals surface area contributed by atoms with E-state index in [1.807, 2.05) is 36.5 Å². The molecule has 3 aromatic rings. The van der Waals surface area contributed by atoms with Crippen LogP contribution in [0.15, 0.2) is 48.0 Å². The van der Waals surface area contributed by atoms with E-state index in [0.29, 0.717) is 0 Å². The number of thioether (sulfide) groups is 1. The van der Waals surface area contributed by atoms with Crippen molar-refractivity contribution in [3.63, 3.8) is 0 Å². The van der Waals surface area contributed by atoms with E-state index >= 15 is 0 Å². The number of aromatic nitrogens is 1. The van der Waals surface area contributed by atoms with Crippen molar-refractivity contribution in [2.45, 2.75) is 11.0 Å². The molecule has 0 saturated heterocycles. The van der Waals surface area contributed by atoms with Crippen LogP contribution >= 0.6 is 23.1 Å². The third-order valence-electron chi connectivity index (χ3n) is 3.46. The molecule has 2 heterocycles. The van der Waals surface area contributed by atoms with Crippen molar-refractivity contribution >= 4 is 33.3 Å². The van der Waals surface area contributed by atoms with Gasteiger partial charge in [0.25, 0.3) is 0 Å². The maximum atomic E-state index is 9.66. The summed E-state index contributed by atoms with van der Waals surface area (Å²) in [6.45, 7) is 0.117. The van der Waals surface area contributed by atoms with Crippen LogP contribution in [0.3, 0.4) is 0 Å². The molecule has 0 bridgehead atoms. The molecule has 114 valence electrons. The number of hydrogen-bond acceptors (Lipinski definition) is 5. The number of hydrogen-bond donors (Lipinski definition) is 1. The molecular weight excluding hydrogens is 314 g/mol. The molecule has 0 aliphatic carbocycles. The zero-order valence-corrected chi connectivity index (χ0v) is 13.9. The first-order valence-corrected chi connectivity index (χ1v) is 8.91. The highest BCUT2D eigenvalue weighted by molar-refractivity contribution is 7.98. The number of methoxy groups -OCH3 is 1. The normalized spacial score (nSPS) is 12.5. The van der Waals surface area contributed by atoms with Crippen molar-refractivity contribution in [1.29, 1.82) is 0 Å². The molecule has 0 spiro atoms. The van der Waals surface area contributed by atoms with E-state index in [-0.39, 0.29) is 11.9 Å². The smallest absolute Gasteiger partial charge is 0.118 e. The summed E-state index contributed by atoms with van der Waals surface area (Å²) in [6.07, 6.45) is 1.92. The van der Waals surface area contributed by atoms with Gasteiger partial charge in [-0.05, 0) is 40.8 Å². The van der Waals surface area contributed by atoms with E-state index in [4.69, 9.17) is 4.74 Å². The van der Waals surface area contributed by atoms with Crippen molar-refractivity contribution in [3.05, 3.63) is 59.1 Å². The molecule has 5 heteroatoms. The van der Waals surface area contributed by atoms with Gasteiger partial charge in [0.1, 0.15) is 5.75 Å². The Kier molecular flexibility index (Phi) is 4.97. The average molecular weight is 331 g/mol. The van der Waals surface area contributed by atoms with Crippen LogP contribution in [-0.4, -0.2) is 23.8 Å². The Labute approximate surface area is 138 Å². The van der Waals surface area contributed by atoms with E-state index < -0.39 is 0 Å². The molecule has 3 rings (SSSR count). The van der Waals surface area contributed by atoms with Crippen LogP contribution in [0, 0.1) is 0 Å². The maximum absolute atomic E-state index is 9.66. The first-order valence-electron chi connectivity index (χ1n) is 6.98. The molecule has 0 amide bonds. The summed E-state index contributed by atoms with van der Waals surface area (Å²) in [5.41, 5.74) is 3.35. The Morgan fingerprint density at radius 2 is 2.09 bits per heavy atom. The standard InChI is InChI=1S/C17H17NO2S2/c1-20-14-4-2-13(3-5-14)17(10-19)22-11-12-8-16-15(18-9-12)6-7-21-16/h2-9,17,19H,10-11H2,1H3/t17-/m0/s1. The lowest BCUT2D eigenvalue weighted by atomic mass is 10.1. The zero-order valence-electron chi connectivity index (χ0n) is 12.2. The second-order valence-corrected chi connectivity index (χ2v) is 7.04. The number of rotatable bonds is 6. The van der Waals surface area contributed by atoms with Gasteiger partial charge in [-0.1, -0.05) is 12.1 Å². The number of aliphatic hydroxyl groups excluding tert-OH is 1. The predicted molar refractivity (Wildman–Crippen MR) is 93.7 cm³/mol. The number of nitrogens with zero attached hydrogens (tertiary/aromatic N) is 1. The van der Waals surface area contributed by atoms with Crippen molar-refractivity contribution < 1.29 is 9.84 Å². The van der Waals surface area contributed by atoms with Gasteiger partial charge in [-0.2, -0.15) is 0 Å². The Hall–Kier alpha value is -1.56. The first-order chi connectivity index (χ1) is 10.8. The molecule has 3 nitrogen and oxygen atoms in total. The molecule has 0 radical (unpaired) electrons. The maximum Gasteiger partial charge on any atom is 0.118 e. The highest BCUT2D eigenvalue weighted by Gasteiger charge is 2.12. The van der Waals surface area contributed by atoms with E-state index in [1.54, 1.807) is 30.2 Å². The fourth-order valence-corrected chi connectivity index (χ4v) is 4.05. The number of fused-ring (bicyclic) bond motifs is 1. The largest absolute Gasteiger partial charge is 0.497 e. The summed E-state index contributed by atoms with van der Waals surface area (Å²) < 4.78 is 6.38. The van der Waals surface area contributed by atoms with Gasteiger partial charge in [0.2, 0.25) is 0 Å². The summed E-state index contributed by atoms with van der Waals surface area (Å²) in [4.78, 5) is 4.46. The summed E-state index contributed by atoms with van der Waals surface area (Å²) >= 11 is 3.43. The Morgan fingerprint density at radius 3 is 2.82 bits per heavy atom. The SMILES string of the molecule is COc1ccc([C@H](CO)SCc2cnc3ccsc3c2)cc1. The molecule has 1 atom stereocenters. The third kappa shape index (κ3) is 3.43. The second-order valence-electron chi connectivity index (χ2n) is 4.90. The van der Waals surface area contributed by atoms with Crippen LogP contribution in [0.4, 0.5) is 0 Å². The summed E-state index contributed by atoms with van der Waals surface area (Å²) in [6, 6.07) is 12.1. The molecule has 1 aromatic carbocycles. The van der Waals surface area contributed by atoms with Crippen LogP contribution in [0.2, 0.25) is 0 Å². The number of aliphatic hydroxyl groups is 1. The van der Waals surface area contributed by atoms with Crippen molar-refractivity contribution in [2.24, 2.45) is 0 Å². The molecule has 1 N–H and O–H groups in total. The van der Waals surface area contributed by atoms with E-state index in [2.05, 4.69) is 16.4 Å². The van der Waals surface area contributed by atoms with E-state index in [9.17, 15) is 5.11 Å². The average Bonchev–Trinajstić information content (AvgIpc) is 3.03. The Morgan fingerprint density at radius 1 is 1.27 bits per heavy atom. The molecule has 2 aromatic heterocycles. The minimum absolute atomic E-state index is 0.0601. The molecular formula is C17H17NO2S2. The van der Waals surface area contributed by atoms with Crippen molar-refractivity contribution in [3.8, 4) is 5.75 Å². The number of pyridine rings is 1. The van der Waals surface area contributed by atoms with Crippen LogP contribution < -0.4 is 4.74 Å². The number of benzene rings is 1. The topological polar surface area (TPSA) is 42.4 Å². The molecule has 0 fully saturated rings. The van der Waals surface area contributed by atoms with Gasteiger partial charge in [-0.25, -0.2) is 0 Å². The lowest BCUT2D eigenvalue weighted by Crippen LogP contribution is -2.00. The first kappa shape index (κ1) is 15.3. The zero-order chi connectivity index (χ0) is 15.4. The molecule has 0 saturated carbocycles. The minimum Gasteiger partial charge on any atom is -0.497 e. The Bertz CT molecular complexity index is 740. The van der Waals surface area contributed by atoms with Crippen LogP contribution in [0.5, 0.6) is 5.75 Å². The fraction of sp³-hybridized carbons (Fsp3) is 0.235. The number of ether oxygens (including phenoxy) is 1. The van der Waals surface area contributed by atoms with Crippen molar-refractivity contribution in [1.82, 2.24) is 4.98 Å². The number of thiophene rings is 1. The summed E-state index contributed by atoms with van der Waals surface area (Å²) in [5, 5.41) is 11.8. The van der Waals surface area contributed by atoms with Gasteiger partial charge in [0.15, 0.2) is 0 Å². The van der Waals surface area contributed by atoms with E-state index in [1.165, 1.54) is 10.3 Å². The van der Waals surface area contributed by atoms with Crippen LogP contribution in [0.1, 0.15) is 16.4 Å². The van der Waals surface area contributed by atoms with Crippen LogP contribution in [0.25, 0.3) is 10.2 Å². The van der Waals surface area contributed by atoms with Crippen LogP contribution in [-0.2, 0) is 5.75 Å². The third-order valence-corrected chi connectivity index (χ3v) is 5.64. The van der Waals surface area contributed by atoms with E-state index in [0.717, 1.165) is 22.6 Å². The lowest BCUT2D eigenvalue weighted by Gasteiger charge is -2.14. The van der Waals surface area contributed by atoms with Gasteiger partial charge < -0.3 is 9.84 Å². The second kappa shape index (κ2) is 7.13. The van der Waals surface area contributed by atoms with Gasteiger partial charge in [-0.15, -0.1) is 23.1 Å².